The number of hydrogen-bond donors (Lipinski definition) is 1. The number of hydrogen-bond acceptors (Lipinski definition) is 2. The van der Waals surface area contributed by atoms with Crippen molar-refractivity contribution >= 4 is 0 Å². The number of piperidine rings is 1. The fourth-order valence-electron chi connectivity index (χ4n) is 5.34. The highest BCUT2D eigenvalue weighted by Crippen LogP contribution is 2.42. The summed E-state index contributed by atoms with van der Waals surface area (Å²) in [4.78, 5) is 2.73. The van der Waals surface area contributed by atoms with E-state index in [9.17, 15) is 0 Å². The van der Waals surface area contributed by atoms with Crippen LogP contribution in [0.3, 0.4) is 0 Å². The summed E-state index contributed by atoms with van der Waals surface area (Å²) in [5, 5.41) is 4.09. The van der Waals surface area contributed by atoms with Gasteiger partial charge in [0.1, 0.15) is 0 Å². The lowest BCUT2D eigenvalue weighted by atomic mass is 9.72. The maximum Gasteiger partial charge on any atom is 0.0148 e. The minimum atomic E-state index is 0.642. The molecule has 1 N–H and O–H groups in total. The molecule has 0 amide bonds. The smallest absolute Gasteiger partial charge is 0.0148 e. The molecular weight excluding hydrogens is 256 g/mol. The predicted molar refractivity (Wildman–Crippen MR) is 90.5 cm³/mol. The molecule has 0 aromatic heterocycles. The van der Waals surface area contributed by atoms with E-state index in [1.165, 1.54) is 71.0 Å². The molecule has 3 aliphatic rings. The summed E-state index contributed by atoms with van der Waals surface area (Å²) in [6, 6.07) is 1.55. The zero-order valence-corrected chi connectivity index (χ0v) is 14.5. The number of rotatable bonds is 5. The van der Waals surface area contributed by atoms with E-state index in [4.69, 9.17) is 0 Å². The van der Waals surface area contributed by atoms with Crippen molar-refractivity contribution in [1.82, 2.24) is 10.2 Å². The molecule has 21 heavy (non-hydrogen) atoms. The van der Waals surface area contributed by atoms with Gasteiger partial charge in [0.25, 0.3) is 0 Å². The van der Waals surface area contributed by atoms with Crippen LogP contribution in [0.5, 0.6) is 0 Å². The van der Waals surface area contributed by atoms with Crippen molar-refractivity contribution in [3.05, 3.63) is 0 Å². The van der Waals surface area contributed by atoms with Crippen LogP contribution in [0, 0.1) is 17.3 Å². The summed E-state index contributed by atoms with van der Waals surface area (Å²) in [6.45, 7) is 11.1. The first-order valence-electron chi connectivity index (χ1n) is 9.61. The first kappa shape index (κ1) is 15.8. The van der Waals surface area contributed by atoms with Gasteiger partial charge in [0.2, 0.25) is 0 Å². The van der Waals surface area contributed by atoms with E-state index >= 15 is 0 Å². The third kappa shape index (κ3) is 3.32. The summed E-state index contributed by atoms with van der Waals surface area (Å²) < 4.78 is 0. The predicted octanol–water partition coefficient (Wildman–Crippen LogP) is 4.06. The molecular formula is C19H36N2. The van der Waals surface area contributed by atoms with E-state index < -0.39 is 0 Å². The van der Waals surface area contributed by atoms with Crippen molar-refractivity contribution in [2.45, 2.75) is 84.2 Å². The topological polar surface area (TPSA) is 15.3 Å². The second kappa shape index (κ2) is 6.58. The van der Waals surface area contributed by atoms with E-state index in [1.54, 1.807) is 0 Å². The molecule has 2 bridgehead atoms. The Morgan fingerprint density at radius 2 is 1.67 bits per heavy atom. The summed E-state index contributed by atoms with van der Waals surface area (Å²) in [5.41, 5.74) is 0.642. The van der Waals surface area contributed by atoms with E-state index in [0.717, 1.165) is 23.9 Å². The van der Waals surface area contributed by atoms with Gasteiger partial charge in [-0.15, -0.1) is 0 Å². The molecule has 2 unspecified atom stereocenters. The highest BCUT2D eigenvalue weighted by atomic mass is 15.2. The molecule has 2 heteroatoms. The summed E-state index contributed by atoms with van der Waals surface area (Å²) >= 11 is 0. The Morgan fingerprint density at radius 1 is 1.05 bits per heavy atom. The lowest BCUT2D eigenvalue weighted by Crippen LogP contribution is -2.59. The highest BCUT2D eigenvalue weighted by Gasteiger charge is 2.41. The molecule has 0 aromatic rings. The minimum absolute atomic E-state index is 0.642. The fraction of sp³-hybridized carbons (Fsp3) is 1.00. The zero-order valence-electron chi connectivity index (χ0n) is 14.5. The van der Waals surface area contributed by atoms with E-state index in [-0.39, 0.29) is 0 Å². The van der Waals surface area contributed by atoms with Crippen LogP contribution >= 0.6 is 0 Å². The van der Waals surface area contributed by atoms with Gasteiger partial charge in [-0.3, -0.25) is 0 Å². The average Bonchev–Trinajstić information content (AvgIpc) is 2.93. The van der Waals surface area contributed by atoms with Gasteiger partial charge in [-0.2, -0.15) is 0 Å². The van der Waals surface area contributed by atoms with Gasteiger partial charge in [-0.05, 0) is 63.2 Å². The maximum absolute atomic E-state index is 4.09. The molecule has 0 spiro atoms. The number of nitrogens with one attached hydrogen (secondary N) is 1. The third-order valence-electron chi connectivity index (χ3n) is 6.96. The van der Waals surface area contributed by atoms with Gasteiger partial charge < -0.3 is 10.2 Å². The molecule has 2 atom stereocenters. The van der Waals surface area contributed by atoms with E-state index in [0.29, 0.717) is 5.41 Å². The van der Waals surface area contributed by atoms with Crippen molar-refractivity contribution < 1.29 is 0 Å². The Morgan fingerprint density at radius 3 is 2.19 bits per heavy atom. The van der Waals surface area contributed by atoms with Crippen LogP contribution in [0.25, 0.3) is 0 Å². The van der Waals surface area contributed by atoms with Crippen molar-refractivity contribution in [3.63, 3.8) is 0 Å². The van der Waals surface area contributed by atoms with Crippen LogP contribution in [0.2, 0.25) is 0 Å². The van der Waals surface area contributed by atoms with E-state index in [1.807, 2.05) is 0 Å². The molecule has 2 saturated carbocycles. The second-order valence-corrected chi connectivity index (χ2v) is 8.47. The molecule has 3 fully saturated rings. The Hall–Kier alpha value is -0.0800. The van der Waals surface area contributed by atoms with Gasteiger partial charge in [0.15, 0.2) is 0 Å². The van der Waals surface area contributed by atoms with Gasteiger partial charge in [0, 0.05) is 31.7 Å². The summed E-state index contributed by atoms with van der Waals surface area (Å²) in [7, 11) is 0. The Bertz CT molecular complexity index is 318. The molecule has 122 valence electrons. The largest absolute Gasteiger partial charge is 0.313 e. The molecule has 1 heterocycles. The summed E-state index contributed by atoms with van der Waals surface area (Å²) in [5.74, 6) is 1.82. The first-order chi connectivity index (χ1) is 10.1. The maximum atomic E-state index is 4.09. The molecule has 0 radical (unpaired) electrons. The average molecular weight is 293 g/mol. The van der Waals surface area contributed by atoms with Gasteiger partial charge in [0.05, 0.1) is 0 Å². The third-order valence-corrected chi connectivity index (χ3v) is 6.96. The number of fused-ring (bicyclic) bond motifs is 2. The number of likely N-dealkylation sites (tertiary alicyclic amines) is 1. The SMILES string of the molecule is CCC1(CNC2C3CCCC2CN(C(C)C)C3)CCCC1. The lowest BCUT2D eigenvalue weighted by Gasteiger charge is -2.50. The lowest BCUT2D eigenvalue weighted by molar-refractivity contribution is 0.0245. The van der Waals surface area contributed by atoms with Crippen LogP contribution in [-0.2, 0) is 0 Å². The van der Waals surface area contributed by atoms with Crippen LogP contribution in [0.1, 0.15) is 72.1 Å². The quantitative estimate of drug-likeness (QED) is 0.822. The van der Waals surface area contributed by atoms with Crippen molar-refractivity contribution in [2.24, 2.45) is 17.3 Å². The highest BCUT2D eigenvalue weighted by molar-refractivity contribution is 4.97. The molecule has 3 rings (SSSR count). The first-order valence-corrected chi connectivity index (χ1v) is 9.61. The van der Waals surface area contributed by atoms with Gasteiger partial charge in [-0.25, -0.2) is 0 Å². The van der Waals surface area contributed by atoms with Crippen LogP contribution in [0.15, 0.2) is 0 Å². The van der Waals surface area contributed by atoms with Crippen LogP contribution in [-0.4, -0.2) is 36.6 Å². The molecule has 1 saturated heterocycles. The minimum Gasteiger partial charge on any atom is -0.313 e. The van der Waals surface area contributed by atoms with Crippen molar-refractivity contribution in [1.29, 1.82) is 0 Å². The molecule has 2 aliphatic carbocycles. The van der Waals surface area contributed by atoms with Gasteiger partial charge >= 0.3 is 0 Å². The summed E-state index contributed by atoms with van der Waals surface area (Å²) in [6.07, 6.45) is 11.6. The Labute approximate surface area is 132 Å². The van der Waals surface area contributed by atoms with Crippen molar-refractivity contribution in [2.75, 3.05) is 19.6 Å². The number of nitrogens with zero attached hydrogens (tertiary/aromatic N) is 1. The Balaban J connectivity index is 1.60. The monoisotopic (exact) mass is 292 g/mol. The normalized spacial score (nSPS) is 36.3. The van der Waals surface area contributed by atoms with Crippen molar-refractivity contribution in [3.8, 4) is 0 Å². The van der Waals surface area contributed by atoms with Crippen LogP contribution < -0.4 is 5.32 Å². The Kier molecular flexibility index (Phi) is 4.95. The standard InChI is InChI=1S/C19H36N2/c1-4-19(10-5-6-11-19)14-20-18-16-8-7-9-17(18)13-21(12-16)15(2)3/h15-18,20H,4-14H2,1-3H3. The fourth-order valence-corrected chi connectivity index (χ4v) is 5.34. The second-order valence-electron chi connectivity index (χ2n) is 8.47. The molecule has 1 aliphatic heterocycles. The zero-order chi connectivity index (χ0) is 14.9. The van der Waals surface area contributed by atoms with E-state index in [2.05, 4.69) is 31.0 Å². The van der Waals surface area contributed by atoms with Crippen LogP contribution in [0.4, 0.5) is 0 Å². The molecule has 0 aromatic carbocycles. The van der Waals surface area contributed by atoms with Gasteiger partial charge in [-0.1, -0.05) is 26.2 Å². The molecule has 2 nitrogen and oxygen atoms in total.